The molecule has 0 aromatic heterocycles. The van der Waals surface area contributed by atoms with E-state index in [2.05, 4.69) is 29.8 Å². The number of anilines is 1. The molecule has 2 saturated carbocycles. The molecule has 2 nitrogen and oxygen atoms in total. The Morgan fingerprint density at radius 1 is 1.35 bits per heavy atom. The second kappa shape index (κ2) is 5.94. The van der Waals surface area contributed by atoms with Crippen molar-refractivity contribution in [3.63, 3.8) is 0 Å². The molecule has 2 fully saturated rings. The molecule has 4 heteroatoms. The zero-order valence-electron chi connectivity index (χ0n) is 11.9. The third-order valence-corrected chi connectivity index (χ3v) is 5.46. The normalized spacial score (nSPS) is 18.3. The van der Waals surface area contributed by atoms with Crippen LogP contribution in [0.15, 0.2) is 23.1 Å². The molecule has 3 rings (SSSR count). The summed E-state index contributed by atoms with van der Waals surface area (Å²) in [6.07, 6.45) is 7.77. The van der Waals surface area contributed by atoms with Crippen LogP contribution < -0.4 is 11.1 Å². The maximum absolute atomic E-state index is 5.92. The number of hydrogen-bond acceptors (Lipinski definition) is 3. The van der Waals surface area contributed by atoms with Crippen LogP contribution in [0.4, 0.5) is 5.69 Å². The summed E-state index contributed by atoms with van der Waals surface area (Å²) in [5.74, 6) is 2.78. The van der Waals surface area contributed by atoms with Crippen LogP contribution in [0.1, 0.15) is 31.2 Å². The van der Waals surface area contributed by atoms with Crippen molar-refractivity contribution in [2.75, 3.05) is 18.1 Å². The molecule has 20 heavy (non-hydrogen) atoms. The molecule has 0 amide bonds. The maximum Gasteiger partial charge on any atom is 0.107 e. The van der Waals surface area contributed by atoms with Gasteiger partial charge >= 0.3 is 0 Å². The van der Waals surface area contributed by atoms with E-state index >= 15 is 0 Å². The summed E-state index contributed by atoms with van der Waals surface area (Å²) in [5, 5.41) is 3.63. The van der Waals surface area contributed by atoms with Crippen molar-refractivity contribution in [1.29, 1.82) is 0 Å². The van der Waals surface area contributed by atoms with Gasteiger partial charge in [0.15, 0.2) is 0 Å². The maximum atomic E-state index is 5.92. The predicted molar refractivity (Wildman–Crippen MR) is 91.5 cm³/mol. The summed E-state index contributed by atoms with van der Waals surface area (Å²) in [6, 6.07) is 6.27. The molecule has 108 valence electrons. The van der Waals surface area contributed by atoms with Gasteiger partial charge in [-0.1, -0.05) is 18.3 Å². The largest absolute Gasteiger partial charge is 0.389 e. The fourth-order valence-electron chi connectivity index (χ4n) is 3.10. The van der Waals surface area contributed by atoms with Crippen LogP contribution in [0.2, 0.25) is 0 Å². The van der Waals surface area contributed by atoms with Crippen LogP contribution in [0.25, 0.3) is 0 Å². The van der Waals surface area contributed by atoms with Crippen LogP contribution in [0, 0.1) is 17.8 Å². The highest BCUT2D eigenvalue weighted by atomic mass is 32.2. The van der Waals surface area contributed by atoms with Crippen molar-refractivity contribution < 1.29 is 0 Å². The molecule has 0 heterocycles. The first-order chi connectivity index (χ1) is 9.70. The molecule has 1 aromatic rings. The minimum absolute atomic E-state index is 0.492. The average molecular weight is 306 g/mol. The smallest absolute Gasteiger partial charge is 0.107 e. The molecule has 0 unspecified atom stereocenters. The Balaban J connectivity index is 1.74. The Morgan fingerprint density at radius 3 is 2.50 bits per heavy atom. The molecule has 3 N–H and O–H groups in total. The van der Waals surface area contributed by atoms with Crippen molar-refractivity contribution in [3.05, 3.63) is 23.8 Å². The summed E-state index contributed by atoms with van der Waals surface area (Å²) in [4.78, 5) is 1.66. The molecule has 0 spiro atoms. The van der Waals surface area contributed by atoms with Gasteiger partial charge in [0.25, 0.3) is 0 Å². The minimum Gasteiger partial charge on any atom is -0.389 e. The number of thioether (sulfide) groups is 1. The van der Waals surface area contributed by atoms with E-state index < -0.39 is 0 Å². The fourth-order valence-corrected chi connectivity index (χ4v) is 4.02. The average Bonchev–Trinajstić information content (AvgIpc) is 3.31. The molecule has 2 aliphatic rings. The molecular formula is C16H22N2S2. The van der Waals surface area contributed by atoms with E-state index in [-0.39, 0.29) is 0 Å². The van der Waals surface area contributed by atoms with Gasteiger partial charge in [0, 0.05) is 22.7 Å². The van der Waals surface area contributed by atoms with Crippen LogP contribution in [0.3, 0.4) is 0 Å². The lowest BCUT2D eigenvalue weighted by Crippen LogP contribution is -2.21. The summed E-state index contributed by atoms with van der Waals surface area (Å²) >= 11 is 6.94. The fraction of sp³-hybridized carbons (Fsp3) is 0.562. The highest BCUT2D eigenvalue weighted by Gasteiger charge is 2.41. The Morgan fingerprint density at radius 2 is 2.00 bits per heavy atom. The topological polar surface area (TPSA) is 38.0 Å². The monoisotopic (exact) mass is 306 g/mol. The van der Waals surface area contributed by atoms with Crippen molar-refractivity contribution in [3.8, 4) is 0 Å². The zero-order chi connectivity index (χ0) is 14.1. The minimum atomic E-state index is 0.492. The number of nitrogens with two attached hydrogens (primary N) is 1. The van der Waals surface area contributed by atoms with Crippen LogP contribution in [-0.2, 0) is 0 Å². The Kier molecular flexibility index (Phi) is 4.22. The SMILES string of the molecule is CSc1cccc(NCC(C2CC2)C2CC2)c1C(N)=S. The van der Waals surface area contributed by atoms with Crippen molar-refractivity contribution in [2.24, 2.45) is 23.5 Å². The van der Waals surface area contributed by atoms with Gasteiger partial charge in [0.05, 0.1) is 0 Å². The predicted octanol–water partition coefficient (Wildman–Crippen LogP) is 3.89. The number of rotatable bonds is 7. The second-order valence-electron chi connectivity index (χ2n) is 5.97. The Labute approximate surface area is 130 Å². The van der Waals surface area contributed by atoms with E-state index in [0.717, 1.165) is 40.4 Å². The van der Waals surface area contributed by atoms with Gasteiger partial charge in [-0.3, -0.25) is 0 Å². The zero-order valence-corrected chi connectivity index (χ0v) is 13.5. The molecule has 0 radical (unpaired) electrons. The highest BCUT2D eigenvalue weighted by Crippen LogP contribution is 2.49. The Bertz CT molecular complexity index is 495. The van der Waals surface area contributed by atoms with E-state index in [1.165, 1.54) is 25.7 Å². The van der Waals surface area contributed by atoms with Gasteiger partial charge in [-0.2, -0.15) is 0 Å². The first kappa shape index (κ1) is 14.2. The number of hydrogen-bond donors (Lipinski definition) is 2. The number of benzene rings is 1. The molecule has 1 aromatic carbocycles. The molecule has 0 aliphatic heterocycles. The van der Waals surface area contributed by atoms with Crippen molar-refractivity contribution in [1.82, 2.24) is 0 Å². The van der Waals surface area contributed by atoms with E-state index in [0.29, 0.717) is 4.99 Å². The van der Waals surface area contributed by atoms with Gasteiger partial charge in [0.2, 0.25) is 0 Å². The first-order valence-corrected chi connectivity index (χ1v) is 9.04. The van der Waals surface area contributed by atoms with Crippen molar-refractivity contribution >= 4 is 34.7 Å². The Hall–Kier alpha value is -0.740. The van der Waals surface area contributed by atoms with E-state index in [1.54, 1.807) is 11.8 Å². The number of thiocarbonyl (C=S) groups is 1. The molecule has 0 saturated heterocycles. The van der Waals surface area contributed by atoms with Crippen LogP contribution in [0.5, 0.6) is 0 Å². The van der Waals surface area contributed by atoms with Crippen LogP contribution >= 0.6 is 24.0 Å². The van der Waals surface area contributed by atoms with E-state index in [4.69, 9.17) is 18.0 Å². The quantitative estimate of drug-likeness (QED) is 0.592. The second-order valence-corrected chi connectivity index (χ2v) is 7.25. The van der Waals surface area contributed by atoms with Gasteiger partial charge in [-0.15, -0.1) is 11.8 Å². The van der Waals surface area contributed by atoms with Crippen LogP contribution in [-0.4, -0.2) is 17.8 Å². The lowest BCUT2D eigenvalue weighted by Gasteiger charge is -2.19. The van der Waals surface area contributed by atoms with Gasteiger partial charge < -0.3 is 11.1 Å². The number of nitrogens with one attached hydrogen (secondary N) is 1. The van der Waals surface area contributed by atoms with Gasteiger partial charge in [0.1, 0.15) is 4.99 Å². The summed E-state index contributed by atoms with van der Waals surface area (Å²) in [7, 11) is 0. The summed E-state index contributed by atoms with van der Waals surface area (Å²) in [6.45, 7) is 1.07. The molecule has 0 bridgehead atoms. The van der Waals surface area contributed by atoms with Gasteiger partial charge in [-0.05, 0) is 61.8 Å². The third kappa shape index (κ3) is 3.12. The lowest BCUT2D eigenvalue weighted by atomic mass is 9.97. The van der Waals surface area contributed by atoms with E-state index in [1.807, 2.05) is 0 Å². The summed E-state index contributed by atoms with van der Waals surface area (Å²) in [5.41, 5.74) is 8.04. The molecule has 2 aliphatic carbocycles. The van der Waals surface area contributed by atoms with E-state index in [9.17, 15) is 0 Å². The highest BCUT2D eigenvalue weighted by molar-refractivity contribution is 7.98. The van der Waals surface area contributed by atoms with Gasteiger partial charge in [-0.25, -0.2) is 0 Å². The lowest BCUT2D eigenvalue weighted by molar-refractivity contribution is 0.428. The summed E-state index contributed by atoms with van der Waals surface area (Å²) < 4.78 is 0. The molecule has 0 atom stereocenters. The third-order valence-electron chi connectivity index (χ3n) is 4.48. The first-order valence-electron chi connectivity index (χ1n) is 7.41. The standard InChI is InChI=1S/C16H22N2S2/c1-20-14-4-2-3-13(15(14)16(17)19)18-9-12(10-5-6-10)11-7-8-11/h2-4,10-12,18H,5-9H2,1H3,(H2,17,19). The molecular weight excluding hydrogens is 284 g/mol. The van der Waals surface area contributed by atoms with Crippen molar-refractivity contribution in [2.45, 2.75) is 30.6 Å².